The Bertz CT molecular complexity index is 536. The van der Waals surface area contributed by atoms with E-state index in [1.165, 1.54) is 10.4 Å². The minimum Gasteiger partial charge on any atom is -0.306 e. The van der Waals surface area contributed by atoms with E-state index >= 15 is 0 Å². The van der Waals surface area contributed by atoms with Crippen molar-refractivity contribution in [2.75, 3.05) is 6.54 Å². The third-order valence-corrected chi connectivity index (χ3v) is 4.22. The first-order chi connectivity index (χ1) is 8.61. The summed E-state index contributed by atoms with van der Waals surface area (Å²) in [6, 6.07) is 7.89. The lowest BCUT2D eigenvalue weighted by atomic mass is 10.0. The van der Waals surface area contributed by atoms with Gasteiger partial charge < -0.3 is 5.32 Å². The van der Waals surface area contributed by atoms with Crippen molar-refractivity contribution in [3.63, 3.8) is 0 Å². The molecule has 1 atom stereocenters. The second-order valence-corrected chi connectivity index (χ2v) is 6.11. The van der Waals surface area contributed by atoms with Crippen molar-refractivity contribution >= 4 is 34.5 Å². The van der Waals surface area contributed by atoms with Crippen LogP contribution in [-0.4, -0.2) is 6.54 Å². The van der Waals surface area contributed by atoms with Crippen LogP contribution in [0.5, 0.6) is 0 Å². The summed E-state index contributed by atoms with van der Waals surface area (Å²) >= 11 is 14.1. The Kier molecular flexibility index (Phi) is 4.68. The lowest BCUT2D eigenvalue weighted by molar-refractivity contribution is 0.632. The Labute approximate surface area is 122 Å². The Hall–Kier alpha value is -0.540. The topological polar surface area (TPSA) is 12.0 Å². The van der Waals surface area contributed by atoms with Gasteiger partial charge in [-0.15, -0.1) is 11.3 Å². The van der Waals surface area contributed by atoms with E-state index in [0.29, 0.717) is 5.02 Å². The molecule has 2 rings (SSSR count). The first kappa shape index (κ1) is 13.9. The molecule has 1 aromatic heterocycles. The number of hydrogen-bond acceptors (Lipinski definition) is 2. The highest BCUT2D eigenvalue weighted by Gasteiger charge is 2.17. The van der Waals surface area contributed by atoms with Crippen LogP contribution in [0.3, 0.4) is 0 Å². The predicted molar refractivity (Wildman–Crippen MR) is 81.0 cm³/mol. The fraction of sp³-hybridized carbons (Fsp3) is 0.286. The molecular weight excluding hydrogens is 285 g/mol. The molecule has 18 heavy (non-hydrogen) atoms. The van der Waals surface area contributed by atoms with Gasteiger partial charge in [-0.2, -0.15) is 0 Å². The van der Waals surface area contributed by atoms with Crippen LogP contribution < -0.4 is 5.32 Å². The zero-order valence-electron chi connectivity index (χ0n) is 10.3. The summed E-state index contributed by atoms with van der Waals surface area (Å²) in [5.41, 5.74) is 2.27. The Balaban J connectivity index is 2.44. The number of nitrogens with one attached hydrogen (secondary N) is 1. The minimum absolute atomic E-state index is 0.103. The van der Waals surface area contributed by atoms with Gasteiger partial charge in [-0.1, -0.05) is 30.1 Å². The molecule has 0 fully saturated rings. The lowest BCUT2D eigenvalue weighted by Crippen LogP contribution is -2.21. The van der Waals surface area contributed by atoms with Crippen LogP contribution in [0.2, 0.25) is 10.0 Å². The number of benzene rings is 1. The van der Waals surface area contributed by atoms with Crippen molar-refractivity contribution in [2.45, 2.75) is 19.9 Å². The smallest absolute Gasteiger partial charge is 0.0600 e. The molecule has 4 heteroatoms. The molecule has 0 radical (unpaired) electrons. The molecular formula is C14H15Cl2NS. The van der Waals surface area contributed by atoms with Crippen molar-refractivity contribution in [1.29, 1.82) is 0 Å². The molecule has 1 nitrogen and oxygen atoms in total. The second-order valence-electron chi connectivity index (χ2n) is 4.15. The molecule has 1 aromatic carbocycles. The molecule has 0 saturated heterocycles. The van der Waals surface area contributed by atoms with Gasteiger partial charge in [-0.3, -0.25) is 0 Å². The number of rotatable bonds is 4. The van der Waals surface area contributed by atoms with Crippen molar-refractivity contribution < 1.29 is 0 Å². The van der Waals surface area contributed by atoms with Gasteiger partial charge >= 0.3 is 0 Å². The van der Waals surface area contributed by atoms with Gasteiger partial charge in [0.05, 0.1) is 6.04 Å². The quantitative estimate of drug-likeness (QED) is 0.832. The molecule has 0 amide bonds. The molecule has 0 aliphatic carbocycles. The Morgan fingerprint density at radius 3 is 2.67 bits per heavy atom. The highest BCUT2D eigenvalue weighted by atomic mass is 35.5. The van der Waals surface area contributed by atoms with Gasteiger partial charge in [0.1, 0.15) is 0 Å². The van der Waals surface area contributed by atoms with Gasteiger partial charge in [0.2, 0.25) is 0 Å². The van der Waals surface area contributed by atoms with Gasteiger partial charge in [-0.25, -0.2) is 0 Å². The maximum atomic E-state index is 6.29. The molecule has 1 N–H and O–H groups in total. The van der Waals surface area contributed by atoms with Crippen molar-refractivity contribution in [2.24, 2.45) is 0 Å². The normalized spacial score (nSPS) is 12.7. The van der Waals surface area contributed by atoms with Crippen LogP contribution in [0.15, 0.2) is 29.6 Å². The van der Waals surface area contributed by atoms with Gasteiger partial charge in [-0.05, 0) is 54.2 Å². The molecule has 1 heterocycles. The Morgan fingerprint density at radius 1 is 1.28 bits per heavy atom. The lowest BCUT2D eigenvalue weighted by Gasteiger charge is -2.19. The van der Waals surface area contributed by atoms with Crippen LogP contribution in [0.4, 0.5) is 0 Å². The molecule has 96 valence electrons. The maximum Gasteiger partial charge on any atom is 0.0600 e. The first-order valence-corrected chi connectivity index (χ1v) is 7.48. The fourth-order valence-corrected chi connectivity index (χ4v) is 3.10. The van der Waals surface area contributed by atoms with Crippen molar-refractivity contribution in [3.05, 3.63) is 55.7 Å². The van der Waals surface area contributed by atoms with E-state index in [9.17, 15) is 0 Å². The van der Waals surface area contributed by atoms with E-state index in [2.05, 4.69) is 30.6 Å². The molecule has 0 bridgehead atoms. The summed E-state index contributed by atoms with van der Waals surface area (Å²) in [6.07, 6.45) is 0. The molecule has 0 spiro atoms. The average molecular weight is 300 g/mol. The summed E-state index contributed by atoms with van der Waals surface area (Å²) < 4.78 is 0. The third-order valence-electron chi connectivity index (χ3n) is 2.76. The standard InChI is InChI=1S/C14H15Cl2NS/c1-3-17-14(10-6-9(2)18-8-10)12-7-11(15)4-5-13(12)16/h4-8,14,17H,3H2,1-2H3. The highest BCUT2D eigenvalue weighted by molar-refractivity contribution is 7.10. The fourth-order valence-electron chi connectivity index (χ4n) is 1.96. The van der Waals surface area contributed by atoms with E-state index in [-0.39, 0.29) is 6.04 Å². The number of hydrogen-bond donors (Lipinski definition) is 1. The molecule has 1 unspecified atom stereocenters. The first-order valence-electron chi connectivity index (χ1n) is 5.85. The van der Waals surface area contributed by atoms with Crippen LogP contribution >= 0.6 is 34.5 Å². The van der Waals surface area contributed by atoms with Crippen LogP contribution in [-0.2, 0) is 0 Å². The minimum atomic E-state index is 0.103. The highest BCUT2D eigenvalue weighted by Crippen LogP contribution is 2.32. The van der Waals surface area contributed by atoms with E-state index in [4.69, 9.17) is 23.2 Å². The van der Waals surface area contributed by atoms with Gasteiger partial charge in [0, 0.05) is 14.9 Å². The van der Waals surface area contributed by atoms with Gasteiger partial charge in [0.15, 0.2) is 0 Å². The van der Waals surface area contributed by atoms with Gasteiger partial charge in [0.25, 0.3) is 0 Å². The van der Waals surface area contributed by atoms with Crippen LogP contribution in [0.1, 0.15) is 29.0 Å². The zero-order valence-corrected chi connectivity index (χ0v) is 12.7. The third kappa shape index (κ3) is 3.07. The number of thiophene rings is 1. The molecule has 0 aliphatic heterocycles. The summed E-state index contributed by atoms with van der Waals surface area (Å²) in [6.45, 7) is 5.07. The average Bonchev–Trinajstić information content (AvgIpc) is 2.76. The predicted octanol–water partition coefficient (Wildman–Crippen LogP) is 5.06. The molecule has 2 aromatic rings. The SMILES string of the molecule is CCNC(c1csc(C)c1)c1cc(Cl)ccc1Cl. The summed E-state index contributed by atoms with van der Waals surface area (Å²) in [7, 11) is 0. The zero-order chi connectivity index (χ0) is 13.1. The van der Waals surface area contributed by atoms with Crippen LogP contribution in [0.25, 0.3) is 0 Å². The van der Waals surface area contributed by atoms with E-state index < -0.39 is 0 Å². The largest absolute Gasteiger partial charge is 0.306 e. The van der Waals surface area contributed by atoms with E-state index in [1.807, 2.05) is 18.2 Å². The van der Waals surface area contributed by atoms with E-state index in [0.717, 1.165) is 17.1 Å². The molecule has 0 aliphatic rings. The number of halogens is 2. The van der Waals surface area contributed by atoms with Crippen molar-refractivity contribution in [3.8, 4) is 0 Å². The summed E-state index contributed by atoms with van der Waals surface area (Å²) in [5, 5.41) is 7.08. The Morgan fingerprint density at radius 2 is 2.06 bits per heavy atom. The second kappa shape index (κ2) is 6.07. The summed E-state index contributed by atoms with van der Waals surface area (Å²) in [5.74, 6) is 0. The maximum absolute atomic E-state index is 6.29. The van der Waals surface area contributed by atoms with Crippen molar-refractivity contribution in [1.82, 2.24) is 5.32 Å². The van der Waals surface area contributed by atoms with E-state index in [1.54, 1.807) is 11.3 Å². The number of aryl methyl sites for hydroxylation is 1. The monoisotopic (exact) mass is 299 g/mol. The summed E-state index contributed by atoms with van der Waals surface area (Å²) in [4.78, 5) is 1.30. The van der Waals surface area contributed by atoms with Crippen LogP contribution in [0, 0.1) is 6.92 Å². The molecule has 0 saturated carbocycles.